The van der Waals surface area contributed by atoms with Crippen molar-refractivity contribution < 1.29 is 23.8 Å². The summed E-state index contributed by atoms with van der Waals surface area (Å²) in [6.45, 7) is 3.97. The maximum absolute atomic E-state index is 12.6. The van der Waals surface area contributed by atoms with Gasteiger partial charge in [0.2, 0.25) is 4.96 Å². The van der Waals surface area contributed by atoms with Gasteiger partial charge < -0.3 is 19.1 Å². The first-order chi connectivity index (χ1) is 15.0. The molecule has 31 heavy (non-hydrogen) atoms. The van der Waals surface area contributed by atoms with Gasteiger partial charge in [-0.3, -0.25) is 0 Å². The first-order valence-electron chi connectivity index (χ1n) is 9.56. The molecule has 0 aliphatic carbocycles. The smallest absolute Gasteiger partial charge is 0.355 e. The molecule has 1 aliphatic rings. The van der Waals surface area contributed by atoms with Gasteiger partial charge >= 0.3 is 11.9 Å². The molecule has 4 rings (SSSR count). The summed E-state index contributed by atoms with van der Waals surface area (Å²) in [5.74, 6) is -0.492. The van der Waals surface area contributed by atoms with E-state index in [0.717, 1.165) is 28.4 Å². The van der Waals surface area contributed by atoms with Gasteiger partial charge in [0.15, 0.2) is 5.82 Å². The third-order valence-corrected chi connectivity index (χ3v) is 5.96. The van der Waals surface area contributed by atoms with Crippen LogP contribution in [0.3, 0.4) is 0 Å². The molecule has 0 unspecified atom stereocenters. The minimum absolute atomic E-state index is 0.0389. The molecule has 3 heterocycles. The average molecular weight is 443 g/mol. The number of anilines is 1. The summed E-state index contributed by atoms with van der Waals surface area (Å²) >= 11 is 1.43. The number of rotatable bonds is 5. The van der Waals surface area contributed by atoms with Gasteiger partial charge in [0.1, 0.15) is 17.4 Å². The SMILES string of the molecule is CCc1nnc2sc(-c3cccc(N4COCC(C(=O)OC)=C4C(=O)OC)c3C)nn12. The molecule has 0 fully saturated rings. The molecule has 1 aromatic carbocycles. The van der Waals surface area contributed by atoms with Gasteiger partial charge in [0, 0.05) is 17.7 Å². The molecule has 0 N–H and O–H groups in total. The first kappa shape index (κ1) is 20.9. The summed E-state index contributed by atoms with van der Waals surface area (Å²) in [6.07, 6.45) is 0.720. The Morgan fingerprint density at radius 1 is 1.19 bits per heavy atom. The van der Waals surface area contributed by atoms with Crippen molar-refractivity contribution in [2.24, 2.45) is 0 Å². The molecule has 0 atom stereocenters. The molecule has 1 aliphatic heterocycles. The number of esters is 2. The maximum atomic E-state index is 12.6. The van der Waals surface area contributed by atoms with Gasteiger partial charge in [0.25, 0.3) is 0 Å². The molecule has 11 heteroatoms. The minimum atomic E-state index is -0.639. The van der Waals surface area contributed by atoms with Crippen LogP contribution in [0.5, 0.6) is 0 Å². The van der Waals surface area contributed by atoms with Gasteiger partial charge in [-0.05, 0) is 18.6 Å². The lowest BCUT2D eigenvalue weighted by Gasteiger charge is -2.32. The first-order valence-corrected chi connectivity index (χ1v) is 10.4. The van der Waals surface area contributed by atoms with Crippen molar-refractivity contribution in [2.45, 2.75) is 20.3 Å². The van der Waals surface area contributed by atoms with E-state index in [1.807, 2.05) is 32.0 Å². The molecule has 3 aromatic rings. The summed E-state index contributed by atoms with van der Waals surface area (Å²) < 4.78 is 17.1. The van der Waals surface area contributed by atoms with Gasteiger partial charge in [-0.2, -0.15) is 9.61 Å². The van der Waals surface area contributed by atoms with Crippen LogP contribution in [0, 0.1) is 6.92 Å². The van der Waals surface area contributed by atoms with Crippen molar-refractivity contribution in [2.75, 3.05) is 32.5 Å². The molecule has 0 saturated heterocycles. The number of ether oxygens (including phenoxy) is 3. The highest BCUT2D eigenvalue weighted by Gasteiger charge is 2.33. The number of hydrogen-bond acceptors (Lipinski definition) is 10. The summed E-state index contributed by atoms with van der Waals surface area (Å²) in [7, 11) is 2.53. The van der Waals surface area contributed by atoms with Crippen LogP contribution in [-0.4, -0.2) is 59.3 Å². The number of nitrogens with zero attached hydrogens (tertiary/aromatic N) is 5. The van der Waals surface area contributed by atoms with Gasteiger partial charge in [-0.15, -0.1) is 10.2 Å². The van der Waals surface area contributed by atoms with Crippen molar-refractivity contribution in [1.29, 1.82) is 0 Å². The fraction of sp³-hybridized carbons (Fsp3) is 0.350. The summed E-state index contributed by atoms with van der Waals surface area (Å²) in [5, 5.41) is 13.8. The number of benzene rings is 1. The Morgan fingerprint density at radius 2 is 1.97 bits per heavy atom. The minimum Gasteiger partial charge on any atom is -0.466 e. The monoisotopic (exact) mass is 443 g/mol. The molecular weight excluding hydrogens is 422 g/mol. The van der Waals surface area contributed by atoms with Crippen LogP contribution in [0.25, 0.3) is 15.5 Å². The molecular formula is C20H21N5O5S. The number of hydrogen-bond donors (Lipinski definition) is 0. The maximum Gasteiger partial charge on any atom is 0.355 e. The number of fused-ring (bicyclic) bond motifs is 1. The van der Waals surface area contributed by atoms with Crippen molar-refractivity contribution >= 4 is 33.9 Å². The van der Waals surface area contributed by atoms with E-state index in [9.17, 15) is 9.59 Å². The fourth-order valence-corrected chi connectivity index (χ4v) is 4.41. The molecule has 10 nitrogen and oxygen atoms in total. The van der Waals surface area contributed by atoms with Crippen LogP contribution in [0.15, 0.2) is 29.5 Å². The zero-order chi connectivity index (χ0) is 22.1. The number of methoxy groups -OCH3 is 2. The predicted molar refractivity (Wildman–Crippen MR) is 113 cm³/mol. The summed E-state index contributed by atoms with van der Waals surface area (Å²) in [5.41, 5.74) is 2.65. The van der Waals surface area contributed by atoms with Crippen molar-refractivity contribution in [1.82, 2.24) is 19.8 Å². The quantitative estimate of drug-likeness (QED) is 0.548. The van der Waals surface area contributed by atoms with E-state index < -0.39 is 11.9 Å². The lowest BCUT2D eigenvalue weighted by Crippen LogP contribution is -2.39. The van der Waals surface area contributed by atoms with Crippen LogP contribution in [-0.2, 0) is 30.2 Å². The summed E-state index contributed by atoms with van der Waals surface area (Å²) in [4.78, 5) is 27.2. The van der Waals surface area contributed by atoms with Crippen LogP contribution in [0.4, 0.5) is 5.69 Å². The molecule has 0 spiro atoms. The topological polar surface area (TPSA) is 108 Å². The van der Waals surface area contributed by atoms with E-state index in [2.05, 4.69) is 15.3 Å². The lowest BCUT2D eigenvalue weighted by atomic mass is 10.0. The number of carbonyl (C=O) groups excluding carboxylic acids is 2. The highest BCUT2D eigenvalue weighted by Crippen LogP contribution is 2.36. The second-order valence-corrected chi connectivity index (χ2v) is 7.69. The second kappa shape index (κ2) is 8.44. The Bertz CT molecular complexity index is 1200. The molecule has 0 bridgehead atoms. The Hall–Kier alpha value is -3.31. The van der Waals surface area contributed by atoms with Crippen molar-refractivity contribution in [3.8, 4) is 10.6 Å². The van der Waals surface area contributed by atoms with E-state index in [-0.39, 0.29) is 24.6 Å². The van der Waals surface area contributed by atoms with Crippen LogP contribution in [0.2, 0.25) is 0 Å². The Balaban J connectivity index is 1.83. The van der Waals surface area contributed by atoms with E-state index in [4.69, 9.17) is 14.2 Å². The molecule has 2 aromatic heterocycles. The number of aromatic nitrogens is 4. The standard InChI is InChI=1S/C20H21N5O5S/c1-5-15-21-22-20-25(15)23-17(31-20)12-7-6-8-14(11(12)2)24-10-30-9-13(18(26)28-3)16(24)19(27)29-4/h6-8H,5,9-10H2,1-4H3. The summed E-state index contributed by atoms with van der Waals surface area (Å²) in [6, 6.07) is 5.66. The van der Waals surface area contributed by atoms with Gasteiger partial charge in [-0.1, -0.05) is 30.4 Å². The van der Waals surface area contributed by atoms with Crippen molar-refractivity contribution in [3.63, 3.8) is 0 Å². The van der Waals surface area contributed by atoms with Crippen LogP contribution >= 0.6 is 11.3 Å². The normalized spacial score (nSPS) is 14.3. The second-order valence-electron chi connectivity index (χ2n) is 6.74. The van der Waals surface area contributed by atoms with Crippen LogP contribution < -0.4 is 4.90 Å². The van der Waals surface area contributed by atoms with E-state index >= 15 is 0 Å². The fourth-order valence-electron chi connectivity index (χ4n) is 3.47. The highest BCUT2D eigenvalue weighted by molar-refractivity contribution is 7.19. The largest absolute Gasteiger partial charge is 0.466 e. The van der Waals surface area contributed by atoms with Gasteiger partial charge in [-0.25, -0.2) is 9.59 Å². The Labute approximate surface area is 182 Å². The third kappa shape index (κ3) is 3.55. The average Bonchev–Trinajstić information content (AvgIpc) is 3.38. The lowest BCUT2D eigenvalue weighted by molar-refractivity contribution is -0.140. The predicted octanol–water partition coefficient (Wildman–Crippen LogP) is 2.12. The van der Waals surface area contributed by atoms with E-state index in [0.29, 0.717) is 10.6 Å². The van der Waals surface area contributed by atoms with Gasteiger partial charge in [0.05, 0.1) is 26.4 Å². The zero-order valence-electron chi connectivity index (χ0n) is 17.5. The van der Waals surface area contributed by atoms with Crippen LogP contribution in [0.1, 0.15) is 18.3 Å². The number of aryl methyl sites for hydroxylation is 1. The molecule has 162 valence electrons. The van der Waals surface area contributed by atoms with E-state index in [1.165, 1.54) is 25.6 Å². The molecule has 0 saturated carbocycles. The highest BCUT2D eigenvalue weighted by atomic mass is 32.1. The third-order valence-electron chi connectivity index (χ3n) is 5.03. The van der Waals surface area contributed by atoms with E-state index in [1.54, 1.807) is 9.42 Å². The van der Waals surface area contributed by atoms with Crippen molar-refractivity contribution in [3.05, 3.63) is 40.9 Å². The molecule has 0 radical (unpaired) electrons. The zero-order valence-corrected chi connectivity index (χ0v) is 18.4. The Kier molecular flexibility index (Phi) is 5.70. The Morgan fingerprint density at radius 3 is 2.68 bits per heavy atom. The number of carbonyl (C=O) groups is 2. The molecule has 0 amide bonds.